The summed E-state index contributed by atoms with van der Waals surface area (Å²) >= 11 is 1.44. The summed E-state index contributed by atoms with van der Waals surface area (Å²) in [4.78, 5) is 17.8. The van der Waals surface area contributed by atoms with Gasteiger partial charge in [0.1, 0.15) is 5.75 Å². The molecule has 8 heteroatoms. The van der Waals surface area contributed by atoms with E-state index < -0.39 is 6.61 Å². The maximum Gasteiger partial charge on any atom is 0.387 e. The van der Waals surface area contributed by atoms with Crippen molar-refractivity contribution in [2.24, 2.45) is 0 Å². The zero-order valence-electron chi connectivity index (χ0n) is 15.6. The SMILES string of the molecule is O=c1c2ccccc2nc(SCc2ccc(OC(F)F)cc2)n1CC1CCCO1. The van der Waals surface area contributed by atoms with Crippen LogP contribution in [-0.4, -0.2) is 28.9 Å². The lowest BCUT2D eigenvalue weighted by molar-refractivity contribution is -0.0498. The predicted molar refractivity (Wildman–Crippen MR) is 108 cm³/mol. The third-order valence-electron chi connectivity index (χ3n) is 4.75. The standard InChI is InChI=1S/C21H20F2N2O3S/c22-20(23)28-15-9-7-14(8-10-15)13-29-21-24-18-6-2-1-5-17(18)19(26)25(21)12-16-4-3-11-27-16/h1-2,5-10,16,20H,3-4,11-13H2. The molecule has 1 atom stereocenters. The summed E-state index contributed by atoms with van der Waals surface area (Å²) in [6.45, 7) is -1.65. The summed E-state index contributed by atoms with van der Waals surface area (Å²) in [7, 11) is 0. The zero-order valence-corrected chi connectivity index (χ0v) is 16.4. The Bertz CT molecular complexity index is 1030. The second-order valence-electron chi connectivity index (χ2n) is 6.77. The highest BCUT2D eigenvalue weighted by Crippen LogP contribution is 2.25. The number of hydrogen-bond acceptors (Lipinski definition) is 5. The van der Waals surface area contributed by atoms with Gasteiger partial charge in [0.15, 0.2) is 5.16 Å². The van der Waals surface area contributed by atoms with Crippen molar-refractivity contribution in [1.29, 1.82) is 0 Å². The van der Waals surface area contributed by atoms with Gasteiger partial charge in [-0.05, 0) is 42.7 Å². The summed E-state index contributed by atoms with van der Waals surface area (Å²) in [6.07, 6.45) is 1.94. The van der Waals surface area contributed by atoms with Gasteiger partial charge in [0.05, 0.1) is 23.6 Å². The number of nitrogens with zero attached hydrogens (tertiary/aromatic N) is 2. The first-order chi connectivity index (χ1) is 14.1. The fourth-order valence-electron chi connectivity index (χ4n) is 3.33. The van der Waals surface area contributed by atoms with Crippen molar-refractivity contribution in [2.45, 2.75) is 43.0 Å². The van der Waals surface area contributed by atoms with Gasteiger partial charge in [0, 0.05) is 12.4 Å². The lowest BCUT2D eigenvalue weighted by atomic mass is 10.2. The number of thioether (sulfide) groups is 1. The highest BCUT2D eigenvalue weighted by Gasteiger charge is 2.20. The monoisotopic (exact) mass is 418 g/mol. The molecule has 0 spiro atoms. The second kappa shape index (κ2) is 8.92. The molecule has 1 unspecified atom stereocenters. The van der Waals surface area contributed by atoms with Crippen molar-refractivity contribution in [3.63, 3.8) is 0 Å². The Labute approximate surface area is 170 Å². The number of ether oxygens (including phenoxy) is 2. The normalized spacial score (nSPS) is 16.6. The highest BCUT2D eigenvalue weighted by molar-refractivity contribution is 7.98. The molecule has 29 heavy (non-hydrogen) atoms. The Morgan fingerprint density at radius 3 is 2.72 bits per heavy atom. The quantitative estimate of drug-likeness (QED) is 0.419. The van der Waals surface area contributed by atoms with E-state index in [1.54, 1.807) is 22.8 Å². The van der Waals surface area contributed by atoms with Crippen LogP contribution in [0.4, 0.5) is 8.78 Å². The van der Waals surface area contributed by atoms with Crippen LogP contribution >= 0.6 is 11.8 Å². The predicted octanol–water partition coefficient (Wildman–Crippen LogP) is 4.47. The Morgan fingerprint density at radius 2 is 2.00 bits per heavy atom. The van der Waals surface area contributed by atoms with E-state index in [4.69, 9.17) is 9.72 Å². The summed E-state index contributed by atoms with van der Waals surface area (Å²) in [5.41, 5.74) is 1.50. The molecule has 1 saturated heterocycles. The van der Waals surface area contributed by atoms with E-state index in [1.807, 2.05) is 18.2 Å². The van der Waals surface area contributed by atoms with Crippen LogP contribution in [0.2, 0.25) is 0 Å². The molecule has 0 amide bonds. The molecule has 0 saturated carbocycles. The molecule has 0 N–H and O–H groups in total. The minimum Gasteiger partial charge on any atom is -0.435 e. The van der Waals surface area contributed by atoms with Crippen LogP contribution in [-0.2, 0) is 17.0 Å². The molecular formula is C21H20F2N2O3S. The second-order valence-corrected chi connectivity index (χ2v) is 7.72. The van der Waals surface area contributed by atoms with E-state index in [1.165, 1.54) is 23.9 Å². The van der Waals surface area contributed by atoms with E-state index in [2.05, 4.69) is 4.74 Å². The third kappa shape index (κ3) is 4.76. The molecule has 152 valence electrons. The number of hydrogen-bond donors (Lipinski definition) is 0. The minimum absolute atomic E-state index is 0.0146. The van der Waals surface area contributed by atoms with Crippen molar-refractivity contribution in [3.05, 3.63) is 64.4 Å². The van der Waals surface area contributed by atoms with E-state index >= 15 is 0 Å². The van der Waals surface area contributed by atoms with E-state index in [9.17, 15) is 13.6 Å². The summed E-state index contributed by atoms with van der Waals surface area (Å²) < 4.78 is 36.4. The van der Waals surface area contributed by atoms with Gasteiger partial charge < -0.3 is 9.47 Å². The zero-order chi connectivity index (χ0) is 20.2. The van der Waals surface area contributed by atoms with Crippen LogP contribution < -0.4 is 10.3 Å². The summed E-state index contributed by atoms with van der Waals surface area (Å²) in [5, 5.41) is 1.21. The van der Waals surface area contributed by atoms with Crippen molar-refractivity contribution in [3.8, 4) is 5.75 Å². The molecule has 5 nitrogen and oxygen atoms in total. The lowest BCUT2D eigenvalue weighted by Gasteiger charge is -2.16. The molecule has 0 aliphatic carbocycles. The van der Waals surface area contributed by atoms with Crippen molar-refractivity contribution >= 4 is 22.7 Å². The number of halogens is 2. The maximum absolute atomic E-state index is 13.1. The number of fused-ring (bicyclic) bond motifs is 1. The molecule has 0 radical (unpaired) electrons. The topological polar surface area (TPSA) is 53.3 Å². The first-order valence-electron chi connectivity index (χ1n) is 9.38. The Balaban J connectivity index is 1.58. The fraction of sp³-hybridized carbons (Fsp3) is 0.333. The van der Waals surface area contributed by atoms with Crippen molar-refractivity contribution in [2.75, 3.05) is 6.61 Å². The van der Waals surface area contributed by atoms with Crippen LogP contribution in [0.15, 0.2) is 58.5 Å². The Hall–Kier alpha value is -2.45. The first-order valence-corrected chi connectivity index (χ1v) is 10.4. The van der Waals surface area contributed by atoms with E-state index in [0.29, 0.717) is 28.4 Å². The molecule has 0 bridgehead atoms. The van der Waals surface area contributed by atoms with Crippen LogP contribution in [0.1, 0.15) is 18.4 Å². The lowest BCUT2D eigenvalue weighted by Crippen LogP contribution is -2.28. The van der Waals surface area contributed by atoms with Gasteiger partial charge in [-0.3, -0.25) is 9.36 Å². The highest BCUT2D eigenvalue weighted by atomic mass is 32.2. The molecule has 1 aromatic heterocycles. The summed E-state index contributed by atoms with van der Waals surface area (Å²) in [6, 6.07) is 13.8. The van der Waals surface area contributed by atoms with Gasteiger partial charge in [-0.15, -0.1) is 0 Å². The molecule has 2 aromatic carbocycles. The van der Waals surface area contributed by atoms with Gasteiger partial charge in [-0.1, -0.05) is 36.0 Å². The molecule has 1 fully saturated rings. The van der Waals surface area contributed by atoms with Gasteiger partial charge in [0.2, 0.25) is 0 Å². The Kier molecular flexibility index (Phi) is 6.10. The van der Waals surface area contributed by atoms with Gasteiger partial charge in [-0.2, -0.15) is 8.78 Å². The largest absolute Gasteiger partial charge is 0.435 e. The fourth-order valence-corrected chi connectivity index (χ4v) is 4.29. The van der Waals surface area contributed by atoms with Gasteiger partial charge >= 0.3 is 6.61 Å². The first kappa shape index (κ1) is 19.8. The van der Waals surface area contributed by atoms with Crippen molar-refractivity contribution < 1.29 is 18.3 Å². The van der Waals surface area contributed by atoms with Crippen LogP contribution in [0, 0.1) is 0 Å². The van der Waals surface area contributed by atoms with E-state index in [0.717, 1.165) is 25.0 Å². The molecule has 2 heterocycles. The molecule has 4 rings (SSSR count). The summed E-state index contributed by atoms with van der Waals surface area (Å²) in [5.74, 6) is 0.665. The minimum atomic E-state index is -2.84. The number of alkyl halides is 2. The molecule has 1 aliphatic rings. The van der Waals surface area contributed by atoms with E-state index in [-0.39, 0.29) is 17.4 Å². The third-order valence-corrected chi connectivity index (χ3v) is 5.80. The van der Waals surface area contributed by atoms with Gasteiger partial charge in [0.25, 0.3) is 5.56 Å². The number of rotatable bonds is 7. The van der Waals surface area contributed by atoms with Crippen molar-refractivity contribution in [1.82, 2.24) is 9.55 Å². The van der Waals surface area contributed by atoms with Crippen LogP contribution in [0.3, 0.4) is 0 Å². The smallest absolute Gasteiger partial charge is 0.387 e. The maximum atomic E-state index is 13.1. The Morgan fingerprint density at radius 1 is 1.21 bits per heavy atom. The average molecular weight is 418 g/mol. The number of aromatic nitrogens is 2. The average Bonchev–Trinajstić information content (AvgIpc) is 3.23. The van der Waals surface area contributed by atoms with Gasteiger partial charge in [-0.25, -0.2) is 4.98 Å². The van der Waals surface area contributed by atoms with Crippen LogP contribution in [0.25, 0.3) is 10.9 Å². The number of benzene rings is 2. The van der Waals surface area contributed by atoms with Crippen LogP contribution in [0.5, 0.6) is 5.75 Å². The number of para-hydroxylation sites is 1. The molecule has 3 aromatic rings. The molecular weight excluding hydrogens is 398 g/mol. The molecule has 1 aliphatic heterocycles.